The average Bonchev–Trinajstić information content (AvgIpc) is 1.64. The molecule has 0 bridgehead atoms. The SMILES string of the molecule is CC(C)C(N)C(=O)O.Cl. The third-order valence-corrected chi connectivity index (χ3v) is 1.00. The fourth-order valence-electron chi connectivity index (χ4n) is 0.285. The lowest BCUT2D eigenvalue weighted by Gasteiger charge is -2.07. The van der Waals surface area contributed by atoms with Crippen molar-refractivity contribution in [2.45, 2.75) is 19.9 Å². The fraction of sp³-hybridized carbons (Fsp3) is 0.800. The zero-order valence-corrected chi connectivity index (χ0v) is 6.31. The van der Waals surface area contributed by atoms with E-state index in [-0.39, 0.29) is 18.3 Å². The molecule has 3 N–H and O–H groups in total. The molecule has 0 aliphatic rings. The van der Waals surface area contributed by atoms with Gasteiger partial charge in [0, 0.05) is 0 Å². The van der Waals surface area contributed by atoms with E-state index in [1.54, 1.807) is 13.8 Å². The molecule has 3 nitrogen and oxygen atoms in total. The van der Waals surface area contributed by atoms with Crippen LogP contribution in [-0.2, 0) is 4.79 Å². The highest BCUT2D eigenvalue weighted by Crippen LogP contribution is 1.96. The van der Waals surface area contributed by atoms with Gasteiger partial charge in [0.05, 0.1) is 0 Å². The van der Waals surface area contributed by atoms with Crippen LogP contribution in [0.1, 0.15) is 13.8 Å². The number of carboxylic acid groups (broad SMARTS) is 1. The third-order valence-electron chi connectivity index (χ3n) is 1.00. The molecular formula is C5H12ClNO2. The summed E-state index contributed by atoms with van der Waals surface area (Å²) in [5.41, 5.74) is 5.16. The van der Waals surface area contributed by atoms with Crippen molar-refractivity contribution in [1.82, 2.24) is 0 Å². The van der Waals surface area contributed by atoms with Crippen LogP contribution < -0.4 is 5.73 Å². The number of nitrogens with two attached hydrogens (primary N) is 1. The van der Waals surface area contributed by atoms with Gasteiger partial charge >= 0.3 is 5.97 Å². The molecule has 56 valence electrons. The minimum absolute atomic E-state index is 0. The quantitative estimate of drug-likeness (QED) is 0.607. The van der Waals surface area contributed by atoms with E-state index in [1.165, 1.54) is 0 Å². The lowest BCUT2D eigenvalue weighted by atomic mass is 10.1. The van der Waals surface area contributed by atoms with Gasteiger partial charge in [-0.05, 0) is 5.92 Å². The summed E-state index contributed by atoms with van der Waals surface area (Å²) in [5, 5.41) is 8.23. The number of rotatable bonds is 2. The highest BCUT2D eigenvalue weighted by Gasteiger charge is 2.14. The molecule has 0 aromatic rings. The molecule has 0 aromatic carbocycles. The van der Waals surface area contributed by atoms with Gasteiger partial charge in [-0.15, -0.1) is 12.4 Å². The molecule has 0 fully saturated rings. The van der Waals surface area contributed by atoms with E-state index in [1.807, 2.05) is 0 Å². The number of carboxylic acids is 1. The Bertz CT molecular complexity index is 95.0. The Kier molecular flexibility index (Phi) is 5.86. The third kappa shape index (κ3) is 4.24. The number of hydrogen-bond acceptors (Lipinski definition) is 2. The van der Waals surface area contributed by atoms with E-state index in [0.717, 1.165) is 0 Å². The van der Waals surface area contributed by atoms with E-state index < -0.39 is 12.0 Å². The zero-order valence-electron chi connectivity index (χ0n) is 5.50. The van der Waals surface area contributed by atoms with E-state index in [9.17, 15) is 4.79 Å². The summed E-state index contributed by atoms with van der Waals surface area (Å²) >= 11 is 0. The first kappa shape index (κ1) is 11.5. The van der Waals surface area contributed by atoms with Crippen molar-refractivity contribution in [3.05, 3.63) is 0 Å². The molecular weight excluding hydrogens is 142 g/mol. The summed E-state index contributed by atoms with van der Waals surface area (Å²) in [5.74, 6) is -0.910. The van der Waals surface area contributed by atoms with E-state index >= 15 is 0 Å². The van der Waals surface area contributed by atoms with Gasteiger partial charge < -0.3 is 10.8 Å². The van der Waals surface area contributed by atoms with Crippen LogP contribution in [0.25, 0.3) is 0 Å². The second-order valence-corrected chi connectivity index (χ2v) is 2.11. The fourth-order valence-corrected chi connectivity index (χ4v) is 0.285. The van der Waals surface area contributed by atoms with Crippen molar-refractivity contribution in [1.29, 1.82) is 0 Å². The Morgan fingerprint density at radius 2 is 1.89 bits per heavy atom. The molecule has 0 aliphatic heterocycles. The van der Waals surface area contributed by atoms with Crippen LogP contribution in [0, 0.1) is 5.92 Å². The maximum atomic E-state index is 10.0. The van der Waals surface area contributed by atoms with Crippen LogP contribution in [0.15, 0.2) is 0 Å². The number of carbonyl (C=O) groups is 1. The standard InChI is InChI=1S/C5H11NO2.ClH/c1-3(2)4(6)5(7)8;/h3-4H,6H2,1-2H3,(H,7,8);1H. The highest BCUT2D eigenvalue weighted by atomic mass is 35.5. The Morgan fingerprint density at radius 1 is 1.56 bits per heavy atom. The molecule has 0 rings (SSSR count). The maximum absolute atomic E-state index is 10.0. The Morgan fingerprint density at radius 3 is 1.89 bits per heavy atom. The molecule has 0 radical (unpaired) electrons. The van der Waals surface area contributed by atoms with Gasteiger partial charge in [0.15, 0.2) is 0 Å². The van der Waals surface area contributed by atoms with E-state index in [4.69, 9.17) is 10.8 Å². The van der Waals surface area contributed by atoms with E-state index in [0.29, 0.717) is 0 Å². The van der Waals surface area contributed by atoms with Gasteiger partial charge in [-0.3, -0.25) is 4.79 Å². The lowest BCUT2D eigenvalue weighted by molar-refractivity contribution is -0.139. The van der Waals surface area contributed by atoms with Crippen molar-refractivity contribution < 1.29 is 9.90 Å². The van der Waals surface area contributed by atoms with Crippen LogP contribution in [-0.4, -0.2) is 17.1 Å². The summed E-state index contributed by atoms with van der Waals surface area (Å²) in [4.78, 5) is 10.0. The van der Waals surface area contributed by atoms with Crippen LogP contribution in [0.3, 0.4) is 0 Å². The minimum atomic E-state index is -0.931. The van der Waals surface area contributed by atoms with Gasteiger partial charge in [0.2, 0.25) is 0 Å². The largest absolute Gasteiger partial charge is 0.480 e. The van der Waals surface area contributed by atoms with Gasteiger partial charge in [-0.25, -0.2) is 0 Å². The predicted molar refractivity (Wildman–Crippen MR) is 37.7 cm³/mol. The van der Waals surface area contributed by atoms with Crippen LogP contribution >= 0.6 is 12.4 Å². The molecule has 1 unspecified atom stereocenters. The molecule has 9 heavy (non-hydrogen) atoms. The average molecular weight is 154 g/mol. The van der Waals surface area contributed by atoms with Crippen molar-refractivity contribution >= 4 is 18.4 Å². The summed E-state index contributed by atoms with van der Waals surface area (Å²) in [6.45, 7) is 3.55. The Balaban J connectivity index is 0. The van der Waals surface area contributed by atoms with Crippen molar-refractivity contribution in [2.24, 2.45) is 11.7 Å². The molecule has 0 spiro atoms. The van der Waals surface area contributed by atoms with Gasteiger partial charge in [0.1, 0.15) is 6.04 Å². The van der Waals surface area contributed by atoms with Crippen LogP contribution in [0.5, 0.6) is 0 Å². The Hall–Kier alpha value is -0.280. The van der Waals surface area contributed by atoms with Crippen LogP contribution in [0.2, 0.25) is 0 Å². The predicted octanol–water partition coefficient (Wildman–Crippen LogP) is 0.476. The maximum Gasteiger partial charge on any atom is 0.320 e. The summed E-state index contributed by atoms with van der Waals surface area (Å²) < 4.78 is 0. The van der Waals surface area contributed by atoms with Crippen LogP contribution in [0.4, 0.5) is 0 Å². The first-order valence-electron chi connectivity index (χ1n) is 2.54. The normalized spacial score (nSPS) is 12.4. The number of halogens is 1. The second kappa shape index (κ2) is 4.58. The molecule has 0 aliphatic carbocycles. The van der Waals surface area contributed by atoms with Crippen molar-refractivity contribution in [3.63, 3.8) is 0 Å². The first-order valence-corrected chi connectivity index (χ1v) is 2.54. The van der Waals surface area contributed by atoms with Crippen molar-refractivity contribution in [2.75, 3.05) is 0 Å². The highest BCUT2D eigenvalue weighted by molar-refractivity contribution is 5.85. The molecule has 0 saturated carbocycles. The lowest BCUT2D eigenvalue weighted by Crippen LogP contribution is -2.34. The minimum Gasteiger partial charge on any atom is -0.480 e. The number of aliphatic carboxylic acids is 1. The van der Waals surface area contributed by atoms with Gasteiger partial charge in [-0.2, -0.15) is 0 Å². The molecule has 0 heterocycles. The molecule has 0 amide bonds. The Labute approximate surface area is 60.6 Å². The topological polar surface area (TPSA) is 63.3 Å². The molecule has 0 saturated heterocycles. The van der Waals surface area contributed by atoms with Gasteiger partial charge in [-0.1, -0.05) is 13.8 Å². The summed E-state index contributed by atoms with van der Waals surface area (Å²) in [6.07, 6.45) is 0. The summed E-state index contributed by atoms with van der Waals surface area (Å²) in [6, 6.07) is -0.713. The summed E-state index contributed by atoms with van der Waals surface area (Å²) in [7, 11) is 0. The zero-order chi connectivity index (χ0) is 6.73. The molecule has 4 heteroatoms. The molecule has 0 aromatic heterocycles. The monoisotopic (exact) mass is 153 g/mol. The first-order chi connectivity index (χ1) is 3.55. The number of hydrogen-bond donors (Lipinski definition) is 2. The van der Waals surface area contributed by atoms with E-state index in [2.05, 4.69) is 0 Å². The smallest absolute Gasteiger partial charge is 0.320 e. The molecule has 1 atom stereocenters. The van der Waals surface area contributed by atoms with Crippen molar-refractivity contribution in [3.8, 4) is 0 Å². The second-order valence-electron chi connectivity index (χ2n) is 2.11. The van der Waals surface area contributed by atoms with Gasteiger partial charge in [0.25, 0.3) is 0 Å².